The molecule has 1 saturated heterocycles. The minimum atomic E-state index is -0.767. The van der Waals surface area contributed by atoms with Crippen molar-refractivity contribution < 1.29 is 14.4 Å². The van der Waals surface area contributed by atoms with E-state index >= 15 is 0 Å². The smallest absolute Gasteiger partial charge is 0.254 e. The van der Waals surface area contributed by atoms with Gasteiger partial charge in [0, 0.05) is 46.0 Å². The summed E-state index contributed by atoms with van der Waals surface area (Å²) in [5.74, 6) is -0.621. The first-order valence-electron chi connectivity index (χ1n) is 12.5. The van der Waals surface area contributed by atoms with Crippen LogP contribution in [0.25, 0.3) is 21.8 Å². The maximum Gasteiger partial charge on any atom is 0.254 e. The molecule has 1 fully saturated rings. The first kappa shape index (κ1) is 24.8. The van der Waals surface area contributed by atoms with Crippen LogP contribution < -0.4 is 5.32 Å². The van der Waals surface area contributed by atoms with Crippen LogP contribution in [0.15, 0.2) is 84.5 Å². The molecule has 0 saturated carbocycles. The Balaban J connectivity index is 1.43. The van der Waals surface area contributed by atoms with Gasteiger partial charge in [-0.2, -0.15) is 5.26 Å². The molecule has 4 aromatic rings. The lowest BCUT2D eigenvalue weighted by Crippen LogP contribution is -2.43. The summed E-state index contributed by atoms with van der Waals surface area (Å²) in [4.78, 5) is 33.7. The molecular weight excluding hydrogens is 478 g/mol. The van der Waals surface area contributed by atoms with Crippen molar-refractivity contribution in [1.29, 1.82) is 5.26 Å². The Kier molecular flexibility index (Phi) is 6.92. The zero-order valence-electron chi connectivity index (χ0n) is 21.1. The van der Waals surface area contributed by atoms with Gasteiger partial charge >= 0.3 is 0 Å². The number of benzene rings is 3. The SMILES string of the molecule is C=CCON=C1C[C@@H](C(=O)Nc2ccc3c(c2)c2ccccc2n3CC)N(C(=O)c2ccc(C#N)cc2)C1. The second kappa shape index (κ2) is 10.6. The topological polar surface area (TPSA) is 99.7 Å². The molecule has 2 amide bonds. The van der Waals surface area contributed by atoms with Gasteiger partial charge in [-0.25, -0.2) is 0 Å². The molecule has 8 heteroatoms. The van der Waals surface area contributed by atoms with E-state index in [0.29, 0.717) is 22.5 Å². The van der Waals surface area contributed by atoms with Gasteiger partial charge in [0.25, 0.3) is 5.91 Å². The fraction of sp³-hybridized carbons (Fsp3) is 0.200. The van der Waals surface area contributed by atoms with Crippen LogP contribution in [-0.4, -0.2) is 46.2 Å². The van der Waals surface area contributed by atoms with Gasteiger partial charge in [0.05, 0.1) is 23.9 Å². The van der Waals surface area contributed by atoms with E-state index in [1.54, 1.807) is 30.3 Å². The maximum atomic E-state index is 13.5. The molecule has 8 nitrogen and oxygen atoms in total. The summed E-state index contributed by atoms with van der Waals surface area (Å²) in [5.41, 5.74) is 4.33. The number of nitrogens with zero attached hydrogens (tertiary/aromatic N) is 4. The summed E-state index contributed by atoms with van der Waals surface area (Å²) >= 11 is 0. The van der Waals surface area contributed by atoms with Crippen LogP contribution in [0.3, 0.4) is 0 Å². The molecule has 5 rings (SSSR count). The fourth-order valence-electron chi connectivity index (χ4n) is 4.95. The summed E-state index contributed by atoms with van der Waals surface area (Å²) in [5, 5.41) is 18.4. The van der Waals surface area contributed by atoms with Crippen molar-refractivity contribution in [2.75, 3.05) is 18.5 Å². The number of fused-ring (bicyclic) bond motifs is 3. The van der Waals surface area contributed by atoms with E-state index in [1.807, 2.05) is 36.4 Å². The molecule has 2 heterocycles. The van der Waals surface area contributed by atoms with Crippen molar-refractivity contribution in [3.05, 3.63) is 90.5 Å². The van der Waals surface area contributed by atoms with Crippen molar-refractivity contribution >= 4 is 45.0 Å². The van der Waals surface area contributed by atoms with Crippen LogP contribution in [0, 0.1) is 11.3 Å². The molecule has 0 unspecified atom stereocenters. The van der Waals surface area contributed by atoms with Crippen molar-refractivity contribution in [2.45, 2.75) is 25.9 Å². The third-order valence-electron chi connectivity index (χ3n) is 6.72. The molecule has 0 aliphatic carbocycles. The summed E-state index contributed by atoms with van der Waals surface area (Å²) in [6.45, 7) is 6.95. The van der Waals surface area contributed by atoms with Crippen LogP contribution in [0.2, 0.25) is 0 Å². The van der Waals surface area contributed by atoms with E-state index in [2.05, 4.69) is 40.7 Å². The lowest BCUT2D eigenvalue weighted by molar-refractivity contribution is -0.119. The summed E-state index contributed by atoms with van der Waals surface area (Å²) in [6.07, 6.45) is 1.83. The van der Waals surface area contributed by atoms with Gasteiger partial charge in [-0.15, -0.1) is 0 Å². The minimum absolute atomic E-state index is 0.164. The molecule has 0 spiro atoms. The number of carbonyl (C=O) groups excluding carboxylic acids is 2. The second-order valence-corrected chi connectivity index (χ2v) is 9.07. The minimum Gasteiger partial charge on any atom is -0.392 e. The van der Waals surface area contributed by atoms with Gasteiger partial charge in [-0.05, 0) is 55.5 Å². The predicted octanol–water partition coefficient (Wildman–Crippen LogP) is 5.10. The van der Waals surface area contributed by atoms with Crippen molar-refractivity contribution in [3.8, 4) is 6.07 Å². The third-order valence-corrected chi connectivity index (χ3v) is 6.72. The molecule has 190 valence electrons. The Morgan fingerprint density at radius 2 is 1.89 bits per heavy atom. The number of hydrogen-bond donors (Lipinski definition) is 1. The Labute approximate surface area is 220 Å². The first-order valence-corrected chi connectivity index (χ1v) is 12.5. The van der Waals surface area contributed by atoms with Gasteiger partial charge in [0.15, 0.2) is 0 Å². The Morgan fingerprint density at radius 1 is 1.13 bits per heavy atom. The number of aryl methyl sites for hydroxylation is 1. The van der Waals surface area contributed by atoms with Gasteiger partial charge in [-0.1, -0.05) is 36.0 Å². The molecule has 1 N–H and O–H groups in total. The van der Waals surface area contributed by atoms with E-state index in [1.165, 1.54) is 4.90 Å². The Morgan fingerprint density at radius 3 is 2.63 bits per heavy atom. The summed E-state index contributed by atoms with van der Waals surface area (Å²) < 4.78 is 2.25. The van der Waals surface area contributed by atoms with Gasteiger partial charge in [-0.3, -0.25) is 9.59 Å². The number of likely N-dealkylation sites (tertiary alicyclic amines) is 1. The van der Waals surface area contributed by atoms with Crippen LogP contribution in [-0.2, 0) is 16.2 Å². The molecule has 38 heavy (non-hydrogen) atoms. The number of anilines is 1. The number of para-hydroxylation sites is 1. The molecule has 1 aliphatic rings. The maximum absolute atomic E-state index is 13.5. The number of carbonyl (C=O) groups is 2. The highest BCUT2D eigenvalue weighted by Gasteiger charge is 2.38. The monoisotopic (exact) mass is 505 g/mol. The molecule has 1 aromatic heterocycles. The first-order chi connectivity index (χ1) is 18.5. The Bertz CT molecular complexity index is 1610. The van der Waals surface area contributed by atoms with Crippen LogP contribution in [0.5, 0.6) is 0 Å². The normalized spacial score (nSPS) is 16.1. The highest BCUT2D eigenvalue weighted by molar-refractivity contribution is 6.11. The molecule has 0 radical (unpaired) electrons. The van der Waals surface area contributed by atoms with Crippen molar-refractivity contribution in [2.24, 2.45) is 5.16 Å². The Hall–Kier alpha value is -4.90. The molecule has 1 aliphatic heterocycles. The number of nitrogens with one attached hydrogen (secondary N) is 1. The van der Waals surface area contributed by atoms with Crippen molar-refractivity contribution in [1.82, 2.24) is 9.47 Å². The van der Waals surface area contributed by atoms with Gasteiger partial charge in [0.1, 0.15) is 12.6 Å². The third kappa shape index (κ3) is 4.62. The largest absolute Gasteiger partial charge is 0.392 e. The van der Waals surface area contributed by atoms with E-state index in [9.17, 15) is 9.59 Å². The summed E-state index contributed by atoms with van der Waals surface area (Å²) in [6, 6.07) is 21.7. The van der Waals surface area contributed by atoms with E-state index in [4.69, 9.17) is 10.1 Å². The highest BCUT2D eigenvalue weighted by atomic mass is 16.6. The standard InChI is InChI=1S/C30H27N5O3/c1-3-15-38-33-23-17-28(35(19-23)30(37)21-11-9-20(18-31)10-12-21)29(36)32-22-13-14-27-25(16-22)24-7-5-6-8-26(24)34(27)4-2/h3,5-14,16,28H,1,4,15,17,19H2,2H3,(H,32,36)/t28-/m0/s1. The lowest BCUT2D eigenvalue weighted by Gasteiger charge is -2.23. The van der Waals surface area contributed by atoms with E-state index < -0.39 is 6.04 Å². The average Bonchev–Trinajstić information content (AvgIpc) is 3.52. The van der Waals surface area contributed by atoms with Crippen molar-refractivity contribution in [3.63, 3.8) is 0 Å². The van der Waals surface area contributed by atoms with Gasteiger partial charge in [0.2, 0.25) is 5.91 Å². The molecular formula is C30H27N5O3. The molecule has 3 aromatic carbocycles. The summed E-state index contributed by atoms with van der Waals surface area (Å²) in [7, 11) is 0. The van der Waals surface area contributed by atoms with Crippen LogP contribution in [0.1, 0.15) is 29.3 Å². The quantitative estimate of drug-likeness (QED) is 0.215. The number of aromatic nitrogens is 1. The average molecular weight is 506 g/mol. The zero-order valence-corrected chi connectivity index (χ0v) is 21.1. The van der Waals surface area contributed by atoms with Crippen LogP contribution >= 0.6 is 0 Å². The van der Waals surface area contributed by atoms with E-state index in [0.717, 1.165) is 28.4 Å². The molecule has 0 bridgehead atoms. The number of oxime groups is 1. The number of nitriles is 1. The number of hydrogen-bond acceptors (Lipinski definition) is 5. The number of amides is 2. The lowest BCUT2D eigenvalue weighted by atomic mass is 10.1. The highest BCUT2D eigenvalue weighted by Crippen LogP contribution is 2.31. The molecule has 1 atom stereocenters. The fourth-order valence-corrected chi connectivity index (χ4v) is 4.95. The van der Waals surface area contributed by atoms with E-state index in [-0.39, 0.29) is 31.4 Å². The van der Waals surface area contributed by atoms with Gasteiger partial charge < -0.3 is 19.6 Å². The number of rotatable bonds is 7. The predicted molar refractivity (Wildman–Crippen MR) is 148 cm³/mol. The zero-order chi connectivity index (χ0) is 26.6. The second-order valence-electron chi connectivity index (χ2n) is 9.07. The van der Waals surface area contributed by atoms with Crippen LogP contribution in [0.4, 0.5) is 5.69 Å².